The monoisotopic (exact) mass is 202 g/mol. The molecule has 0 bridgehead atoms. The van der Waals surface area contributed by atoms with Crippen molar-refractivity contribution < 1.29 is 0 Å². The lowest BCUT2D eigenvalue weighted by Crippen LogP contribution is -2.28. The van der Waals surface area contributed by atoms with Gasteiger partial charge in [0.15, 0.2) is 0 Å². The Labute approximate surface area is 88.1 Å². The molecule has 0 aliphatic heterocycles. The Morgan fingerprint density at radius 3 is 2.15 bits per heavy atom. The van der Waals surface area contributed by atoms with Gasteiger partial charge >= 0.3 is 0 Å². The maximum atomic E-state index is 6.11. The summed E-state index contributed by atoms with van der Waals surface area (Å²) in [6.07, 6.45) is 7.85. The topological polar surface area (TPSA) is 0 Å². The van der Waals surface area contributed by atoms with E-state index in [0.717, 1.165) is 5.92 Å². The van der Waals surface area contributed by atoms with E-state index in [0.29, 0.717) is 10.8 Å². The first-order chi connectivity index (χ1) is 6.06. The molecule has 1 heteroatoms. The molecule has 0 nitrogen and oxygen atoms in total. The summed E-state index contributed by atoms with van der Waals surface area (Å²) in [6.45, 7) is 7.14. The minimum atomic E-state index is 0.466. The summed E-state index contributed by atoms with van der Waals surface area (Å²) in [5.41, 5.74) is 0.547. The average Bonchev–Trinajstić information content (AvgIpc) is 2.05. The molecule has 0 N–H and O–H groups in total. The van der Waals surface area contributed by atoms with Crippen molar-refractivity contribution in [2.75, 3.05) is 0 Å². The summed E-state index contributed by atoms with van der Waals surface area (Å²) < 4.78 is 0. The van der Waals surface area contributed by atoms with Crippen molar-refractivity contribution in [1.82, 2.24) is 0 Å². The van der Waals surface area contributed by atoms with Gasteiger partial charge < -0.3 is 0 Å². The highest BCUT2D eigenvalue weighted by atomic mass is 35.5. The maximum Gasteiger partial charge on any atom is 0.0336 e. The minimum Gasteiger partial charge on any atom is -0.123 e. The molecule has 0 aromatic heterocycles. The molecular formula is C12H23Cl. The molecule has 0 spiro atoms. The van der Waals surface area contributed by atoms with Crippen LogP contribution in [0.4, 0.5) is 0 Å². The molecule has 1 aliphatic rings. The second kappa shape index (κ2) is 4.68. The van der Waals surface area contributed by atoms with Gasteiger partial charge in [0.05, 0.1) is 0 Å². The Morgan fingerprint density at radius 2 is 1.69 bits per heavy atom. The van der Waals surface area contributed by atoms with Crippen molar-refractivity contribution in [3.63, 3.8) is 0 Å². The van der Waals surface area contributed by atoms with Crippen molar-refractivity contribution in [2.24, 2.45) is 11.3 Å². The predicted octanol–water partition coefficient (Wildman–Crippen LogP) is 4.61. The fourth-order valence-corrected chi connectivity index (χ4v) is 2.93. The minimum absolute atomic E-state index is 0.466. The van der Waals surface area contributed by atoms with Gasteiger partial charge in [-0.3, -0.25) is 0 Å². The van der Waals surface area contributed by atoms with Gasteiger partial charge in [0.25, 0.3) is 0 Å². The van der Waals surface area contributed by atoms with Gasteiger partial charge in [-0.15, -0.1) is 11.6 Å². The molecule has 13 heavy (non-hydrogen) atoms. The number of hydrogen-bond donors (Lipinski definition) is 0. The Bertz CT molecular complexity index is 143. The van der Waals surface area contributed by atoms with E-state index in [2.05, 4.69) is 20.8 Å². The van der Waals surface area contributed by atoms with Crippen LogP contribution in [-0.2, 0) is 0 Å². The van der Waals surface area contributed by atoms with Crippen LogP contribution in [0, 0.1) is 11.3 Å². The van der Waals surface area contributed by atoms with Crippen LogP contribution < -0.4 is 0 Å². The molecule has 78 valence electrons. The van der Waals surface area contributed by atoms with Gasteiger partial charge in [0.2, 0.25) is 0 Å². The molecule has 0 saturated heterocycles. The third-order valence-electron chi connectivity index (χ3n) is 3.66. The SMILES string of the molecule is CCCC(C)(C)C1CCC(Cl)CC1. The standard InChI is InChI=1S/C12H23Cl/c1-4-9-12(2,3)10-5-7-11(13)8-6-10/h10-11H,4-9H2,1-3H3. The van der Waals surface area contributed by atoms with E-state index < -0.39 is 0 Å². The first-order valence-corrected chi connectivity index (χ1v) is 6.14. The summed E-state index contributed by atoms with van der Waals surface area (Å²) in [6, 6.07) is 0. The summed E-state index contributed by atoms with van der Waals surface area (Å²) in [7, 11) is 0. The first kappa shape index (κ1) is 11.4. The second-order valence-electron chi connectivity index (χ2n) is 5.19. The van der Waals surface area contributed by atoms with Crippen molar-refractivity contribution in [2.45, 2.75) is 64.7 Å². The third kappa shape index (κ3) is 3.16. The number of hydrogen-bond acceptors (Lipinski definition) is 0. The van der Waals surface area contributed by atoms with Gasteiger partial charge in [-0.1, -0.05) is 27.2 Å². The zero-order valence-corrected chi connectivity index (χ0v) is 10.0. The van der Waals surface area contributed by atoms with Crippen LogP contribution in [0.15, 0.2) is 0 Å². The van der Waals surface area contributed by atoms with Gasteiger partial charge in [-0.05, 0) is 43.4 Å². The van der Waals surface area contributed by atoms with Gasteiger partial charge in [-0.2, -0.15) is 0 Å². The molecule has 1 saturated carbocycles. The summed E-state index contributed by atoms with van der Waals surface area (Å²) in [4.78, 5) is 0. The molecule has 0 amide bonds. The Hall–Kier alpha value is 0.290. The largest absolute Gasteiger partial charge is 0.123 e. The van der Waals surface area contributed by atoms with E-state index in [9.17, 15) is 0 Å². The van der Waals surface area contributed by atoms with Crippen molar-refractivity contribution >= 4 is 11.6 Å². The highest BCUT2D eigenvalue weighted by Gasteiger charge is 2.31. The lowest BCUT2D eigenvalue weighted by Gasteiger charge is -2.38. The smallest absolute Gasteiger partial charge is 0.0336 e. The van der Waals surface area contributed by atoms with E-state index >= 15 is 0 Å². The molecule has 0 unspecified atom stereocenters. The molecule has 1 aliphatic carbocycles. The van der Waals surface area contributed by atoms with Gasteiger partial charge in [0.1, 0.15) is 0 Å². The fourth-order valence-electron chi connectivity index (χ4n) is 2.68. The highest BCUT2D eigenvalue weighted by Crippen LogP contribution is 2.42. The van der Waals surface area contributed by atoms with Crippen molar-refractivity contribution in [3.8, 4) is 0 Å². The Kier molecular flexibility index (Phi) is 4.09. The van der Waals surface area contributed by atoms with Crippen LogP contribution in [-0.4, -0.2) is 5.38 Å². The van der Waals surface area contributed by atoms with Gasteiger partial charge in [0, 0.05) is 5.38 Å². The van der Waals surface area contributed by atoms with Crippen LogP contribution >= 0.6 is 11.6 Å². The molecule has 0 heterocycles. The van der Waals surface area contributed by atoms with E-state index in [4.69, 9.17) is 11.6 Å². The summed E-state index contributed by atoms with van der Waals surface area (Å²) >= 11 is 6.11. The predicted molar refractivity (Wildman–Crippen MR) is 60.3 cm³/mol. The van der Waals surface area contributed by atoms with E-state index in [-0.39, 0.29) is 0 Å². The zero-order chi connectivity index (χ0) is 9.90. The lowest BCUT2D eigenvalue weighted by atomic mass is 9.69. The number of halogens is 1. The summed E-state index contributed by atoms with van der Waals surface area (Å²) in [5, 5.41) is 0.466. The van der Waals surface area contributed by atoms with Crippen molar-refractivity contribution in [3.05, 3.63) is 0 Å². The Morgan fingerprint density at radius 1 is 1.15 bits per heavy atom. The van der Waals surface area contributed by atoms with E-state index in [1.54, 1.807) is 0 Å². The average molecular weight is 203 g/mol. The number of rotatable bonds is 3. The normalized spacial score (nSPS) is 30.5. The zero-order valence-electron chi connectivity index (χ0n) is 9.28. The van der Waals surface area contributed by atoms with Crippen LogP contribution in [0.2, 0.25) is 0 Å². The number of alkyl halides is 1. The molecule has 1 rings (SSSR count). The highest BCUT2D eigenvalue weighted by molar-refractivity contribution is 6.20. The van der Waals surface area contributed by atoms with Crippen molar-refractivity contribution in [1.29, 1.82) is 0 Å². The molecule has 0 aromatic rings. The molecule has 0 aromatic carbocycles. The van der Waals surface area contributed by atoms with E-state index in [1.807, 2.05) is 0 Å². The lowest BCUT2D eigenvalue weighted by molar-refractivity contribution is 0.146. The van der Waals surface area contributed by atoms with Crippen LogP contribution in [0.3, 0.4) is 0 Å². The quantitative estimate of drug-likeness (QED) is 0.587. The van der Waals surface area contributed by atoms with E-state index in [1.165, 1.54) is 38.5 Å². The molecule has 0 radical (unpaired) electrons. The van der Waals surface area contributed by atoms with Crippen LogP contribution in [0.1, 0.15) is 59.3 Å². The van der Waals surface area contributed by atoms with Gasteiger partial charge in [-0.25, -0.2) is 0 Å². The first-order valence-electron chi connectivity index (χ1n) is 5.70. The maximum absolute atomic E-state index is 6.11. The summed E-state index contributed by atoms with van der Waals surface area (Å²) in [5.74, 6) is 0.919. The van der Waals surface area contributed by atoms with Crippen LogP contribution in [0.5, 0.6) is 0 Å². The van der Waals surface area contributed by atoms with Crippen LogP contribution in [0.25, 0.3) is 0 Å². The molecule has 0 atom stereocenters. The molecular weight excluding hydrogens is 180 g/mol. The fraction of sp³-hybridized carbons (Fsp3) is 1.00. The Balaban J connectivity index is 2.42. The molecule has 1 fully saturated rings. The third-order valence-corrected chi connectivity index (χ3v) is 4.09. The second-order valence-corrected chi connectivity index (χ2v) is 5.80.